The maximum Gasteiger partial charge on any atom is 0.239 e. The van der Waals surface area contributed by atoms with Gasteiger partial charge in [-0.3, -0.25) is 0 Å². The van der Waals surface area contributed by atoms with Crippen LogP contribution in [0.5, 0.6) is 0 Å². The van der Waals surface area contributed by atoms with E-state index < -0.39 is 4.33 Å². The van der Waals surface area contributed by atoms with E-state index in [1.165, 1.54) is 4.90 Å². The van der Waals surface area contributed by atoms with Gasteiger partial charge in [-0.1, -0.05) is 72.4 Å². The molecule has 2 heterocycles. The number of hydrogen-bond donors (Lipinski definition) is 1. The molecule has 0 unspecified atom stereocenters. The number of rotatable bonds is 2. The number of anilines is 2. The van der Waals surface area contributed by atoms with Crippen LogP contribution in [0.3, 0.4) is 0 Å². The Kier molecular flexibility index (Phi) is 3.50. The van der Waals surface area contributed by atoms with Crippen molar-refractivity contribution in [1.29, 1.82) is 0 Å². The molecule has 25 heavy (non-hydrogen) atoms. The Morgan fingerprint density at radius 2 is 1.44 bits per heavy atom. The normalized spacial score (nSPS) is 21.1. The highest BCUT2D eigenvalue weighted by Crippen LogP contribution is 2.57. The summed E-state index contributed by atoms with van der Waals surface area (Å²) in [5, 5.41) is 11.8. The lowest BCUT2D eigenvalue weighted by atomic mass is 10.2. The zero-order valence-electron chi connectivity index (χ0n) is 13.3. The molecule has 3 aromatic carbocycles. The second-order valence-corrected chi connectivity index (χ2v) is 8.50. The number of hydrogen-bond acceptors (Lipinski definition) is 5. The van der Waals surface area contributed by atoms with Crippen molar-refractivity contribution in [1.82, 2.24) is 0 Å². The second-order valence-electron chi connectivity index (χ2n) is 5.83. The number of nitrogens with zero attached hydrogens (tertiary/aromatic N) is 2. The first kappa shape index (κ1) is 14.9. The predicted octanol–water partition coefficient (Wildman–Crippen LogP) is 5.43. The fourth-order valence-corrected chi connectivity index (χ4v) is 5.76. The predicted molar refractivity (Wildman–Crippen MR) is 108 cm³/mol. The lowest BCUT2D eigenvalue weighted by Crippen LogP contribution is -2.41. The number of benzene rings is 3. The van der Waals surface area contributed by atoms with Gasteiger partial charge in [0.15, 0.2) is 0 Å². The summed E-state index contributed by atoms with van der Waals surface area (Å²) in [6.07, 6.45) is 0. The summed E-state index contributed by atoms with van der Waals surface area (Å²) in [5.74, 6) is 0. The van der Waals surface area contributed by atoms with Crippen LogP contribution in [0, 0.1) is 0 Å². The summed E-state index contributed by atoms with van der Waals surface area (Å²) >= 11 is 3.57. The molecule has 2 aliphatic rings. The molecular weight excluding hydrogens is 346 g/mol. The van der Waals surface area contributed by atoms with E-state index in [9.17, 15) is 0 Å². The maximum absolute atomic E-state index is 4.98. The number of nitrogens with one attached hydrogen (secondary N) is 1. The third-order valence-electron chi connectivity index (χ3n) is 4.15. The highest BCUT2D eigenvalue weighted by Gasteiger charge is 2.50. The van der Waals surface area contributed by atoms with Crippen LogP contribution in [-0.4, -0.2) is 9.37 Å². The average Bonchev–Trinajstić information content (AvgIpc) is 3.23. The molecule has 1 spiro atoms. The van der Waals surface area contributed by atoms with Gasteiger partial charge in [0.2, 0.25) is 4.33 Å². The third-order valence-corrected chi connectivity index (χ3v) is 6.84. The van der Waals surface area contributed by atoms with Gasteiger partial charge in [-0.2, -0.15) is 5.10 Å². The Balaban J connectivity index is 1.60. The Morgan fingerprint density at radius 1 is 0.760 bits per heavy atom. The van der Waals surface area contributed by atoms with E-state index in [1.807, 2.05) is 23.9 Å². The molecule has 0 aromatic heterocycles. The Morgan fingerprint density at radius 3 is 2.20 bits per heavy atom. The highest BCUT2D eigenvalue weighted by atomic mass is 32.2. The van der Waals surface area contributed by atoms with Gasteiger partial charge in [-0.25, -0.2) is 5.01 Å². The molecule has 1 atom stereocenters. The molecule has 1 N–H and O–H groups in total. The van der Waals surface area contributed by atoms with Crippen molar-refractivity contribution in [3.8, 4) is 0 Å². The first-order valence-electron chi connectivity index (χ1n) is 8.09. The van der Waals surface area contributed by atoms with Crippen molar-refractivity contribution in [2.75, 3.05) is 10.3 Å². The summed E-state index contributed by atoms with van der Waals surface area (Å²) < 4.78 is -0.393. The highest BCUT2D eigenvalue weighted by molar-refractivity contribution is 8.27. The molecule has 3 nitrogen and oxygen atoms in total. The van der Waals surface area contributed by atoms with Crippen LogP contribution >= 0.6 is 23.5 Å². The van der Waals surface area contributed by atoms with Crippen molar-refractivity contribution in [2.45, 2.75) is 9.22 Å². The summed E-state index contributed by atoms with van der Waals surface area (Å²) in [6, 6.07) is 29.1. The van der Waals surface area contributed by atoms with Gasteiger partial charge in [0, 0.05) is 10.5 Å². The molecular formula is C20H15N3S2. The monoisotopic (exact) mass is 361 g/mol. The number of fused-ring (bicyclic) bond motifs is 1. The lowest BCUT2D eigenvalue weighted by molar-refractivity contribution is 0.834. The van der Waals surface area contributed by atoms with Crippen LogP contribution in [0.4, 0.5) is 11.4 Å². The van der Waals surface area contributed by atoms with Gasteiger partial charge in [0.25, 0.3) is 0 Å². The maximum atomic E-state index is 4.98. The summed E-state index contributed by atoms with van der Waals surface area (Å²) in [7, 11) is 0. The molecule has 0 radical (unpaired) electrons. The molecule has 5 heteroatoms. The first-order chi connectivity index (χ1) is 12.3. The quantitative estimate of drug-likeness (QED) is 0.658. The second kappa shape index (κ2) is 5.86. The van der Waals surface area contributed by atoms with Crippen LogP contribution in [0.1, 0.15) is 5.56 Å². The average molecular weight is 361 g/mol. The van der Waals surface area contributed by atoms with Crippen LogP contribution < -0.4 is 10.3 Å². The fraction of sp³-hybridized carbons (Fsp3) is 0.0500. The van der Waals surface area contributed by atoms with Crippen LogP contribution in [0.25, 0.3) is 0 Å². The van der Waals surface area contributed by atoms with Gasteiger partial charge in [0.05, 0.1) is 11.4 Å². The molecule has 0 fully saturated rings. The van der Waals surface area contributed by atoms with Crippen molar-refractivity contribution < 1.29 is 0 Å². The van der Waals surface area contributed by atoms with E-state index >= 15 is 0 Å². The minimum absolute atomic E-state index is 0.393. The van der Waals surface area contributed by atoms with E-state index in [0.717, 1.165) is 22.0 Å². The SMILES string of the molecule is c1ccc(C2=NN(c3ccccc3)[C@@]3(Nc4ccccc4S3)S2)cc1. The van der Waals surface area contributed by atoms with Crippen LogP contribution in [0.15, 0.2) is 94.9 Å². The Bertz CT molecular complexity index is 916. The van der Waals surface area contributed by atoms with Crippen molar-refractivity contribution >= 4 is 39.9 Å². The standard InChI is InChI=1S/C20H15N3S2/c1-3-9-15(10-4-1)19-22-23(16-11-5-2-6-12-16)20(25-19)21-17-13-7-8-14-18(17)24-20/h1-14,21H/t20-/m1/s1. The molecule has 0 amide bonds. The summed E-state index contributed by atoms with van der Waals surface area (Å²) in [4.78, 5) is 1.25. The number of hydrazone groups is 1. The van der Waals surface area contributed by atoms with E-state index in [4.69, 9.17) is 5.10 Å². The zero-order valence-corrected chi connectivity index (χ0v) is 14.9. The van der Waals surface area contributed by atoms with Crippen molar-refractivity contribution in [3.05, 3.63) is 90.5 Å². The van der Waals surface area contributed by atoms with Gasteiger partial charge >= 0.3 is 0 Å². The molecule has 0 saturated heterocycles. The van der Waals surface area contributed by atoms with Gasteiger partial charge in [-0.05, 0) is 36.0 Å². The Hall–Kier alpha value is -2.37. The summed E-state index contributed by atoms with van der Waals surface area (Å²) in [5.41, 5.74) is 3.38. The van der Waals surface area contributed by atoms with E-state index in [0.29, 0.717) is 0 Å². The van der Waals surface area contributed by atoms with Crippen molar-refractivity contribution in [2.24, 2.45) is 5.10 Å². The molecule has 0 bridgehead atoms. The molecule has 0 saturated carbocycles. The van der Waals surface area contributed by atoms with Gasteiger partial charge in [0.1, 0.15) is 5.04 Å². The Labute approximate surface area is 155 Å². The van der Waals surface area contributed by atoms with Gasteiger partial charge < -0.3 is 5.32 Å². The van der Waals surface area contributed by atoms with Gasteiger partial charge in [-0.15, -0.1) is 0 Å². The van der Waals surface area contributed by atoms with E-state index in [-0.39, 0.29) is 0 Å². The van der Waals surface area contributed by atoms with Crippen LogP contribution in [0.2, 0.25) is 0 Å². The fourth-order valence-electron chi connectivity index (χ4n) is 2.99. The molecule has 5 rings (SSSR count). The number of thioether (sulfide) groups is 2. The largest absolute Gasteiger partial charge is 0.342 e. The minimum Gasteiger partial charge on any atom is -0.342 e. The molecule has 2 aliphatic heterocycles. The van der Waals surface area contributed by atoms with Crippen molar-refractivity contribution in [3.63, 3.8) is 0 Å². The minimum atomic E-state index is -0.393. The van der Waals surface area contributed by atoms with E-state index in [2.05, 4.69) is 83.1 Å². The van der Waals surface area contributed by atoms with Crippen LogP contribution in [-0.2, 0) is 0 Å². The summed E-state index contributed by atoms with van der Waals surface area (Å²) in [6.45, 7) is 0. The molecule has 122 valence electrons. The van der Waals surface area contributed by atoms with E-state index in [1.54, 1.807) is 11.8 Å². The zero-order chi connectivity index (χ0) is 16.7. The third kappa shape index (κ3) is 2.51. The topological polar surface area (TPSA) is 27.6 Å². The smallest absolute Gasteiger partial charge is 0.239 e. The number of para-hydroxylation sites is 2. The molecule has 3 aromatic rings. The molecule has 0 aliphatic carbocycles. The first-order valence-corrected chi connectivity index (χ1v) is 9.72. The lowest BCUT2D eigenvalue weighted by Gasteiger charge is -2.32.